The van der Waals surface area contributed by atoms with Crippen LogP contribution < -0.4 is 10.6 Å². The van der Waals surface area contributed by atoms with Gasteiger partial charge in [-0.25, -0.2) is 4.68 Å². The Morgan fingerprint density at radius 2 is 2.15 bits per heavy atom. The summed E-state index contributed by atoms with van der Waals surface area (Å²) in [6.45, 7) is 1.70. The third kappa shape index (κ3) is 3.96. The topological polar surface area (TPSA) is 79.2 Å². The Bertz CT molecular complexity index is 855. The van der Waals surface area contributed by atoms with E-state index in [0.717, 1.165) is 36.2 Å². The van der Waals surface area contributed by atoms with Gasteiger partial charge in [0.05, 0.1) is 16.8 Å². The number of nitrogens with zero attached hydrogens (tertiary/aromatic N) is 2. The van der Waals surface area contributed by atoms with Crippen LogP contribution >= 0.6 is 35.6 Å². The third-order valence-electron chi connectivity index (χ3n) is 5.11. The average Bonchev–Trinajstić information content (AvgIpc) is 3.30. The number of aliphatic hydroxyl groups is 1. The number of benzene rings is 1. The lowest BCUT2D eigenvalue weighted by atomic mass is 10.1. The van der Waals surface area contributed by atoms with Crippen molar-refractivity contribution in [1.29, 1.82) is 0 Å². The van der Waals surface area contributed by atoms with Crippen LogP contribution in [0, 0.1) is 5.92 Å². The summed E-state index contributed by atoms with van der Waals surface area (Å²) in [4.78, 5) is 12.7. The Morgan fingerprint density at radius 1 is 1.33 bits per heavy atom. The Labute approximate surface area is 173 Å². The zero-order valence-electron chi connectivity index (χ0n) is 14.5. The molecule has 2 aliphatic rings. The molecule has 1 fully saturated rings. The number of aliphatic hydroxyl groups excluding tert-OH is 1. The van der Waals surface area contributed by atoms with Crippen LogP contribution in [0.4, 0.5) is 0 Å². The first-order valence-corrected chi connectivity index (χ1v) is 9.53. The van der Waals surface area contributed by atoms with Crippen molar-refractivity contribution in [2.45, 2.75) is 25.4 Å². The van der Waals surface area contributed by atoms with Crippen LogP contribution in [0.2, 0.25) is 10.0 Å². The lowest BCUT2D eigenvalue weighted by Gasteiger charge is -2.13. The van der Waals surface area contributed by atoms with E-state index < -0.39 is 6.10 Å². The molecule has 1 saturated heterocycles. The molecule has 1 amide bonds. The van der Waals surface area contributed by atoms with Gasteiger partial charge in [0.2, 0.25) is 0 Å². The van der Waals surface area contributed by atoms with Crippen LogP contribution in [0.1, 0.15) is 28.2 Å². The van der Waals surface area contributed by atoms with Gasteiger partial charge in [0.25, 0.3) is 5.91 Å². The van der Waals surface area contributed by atoms with Gasteiger partial charge in [-0.2, -0.15) is 5.10 Å². The van der Waals surface area contributed by atoms with Crippen LogP contribution in [0.3, 0.4) is 0 Å². The Hall–Kier alpha value is -1.31. The molecule has 0 bridgehead atoms. The second-order valence-electron chi connectivity index (χ2n) is 6.83. The fourth-order valence-corrected chi connectivity index (χ4v) is 4.20. The van der Waals surface area contributed by atoms with Gasteiger partial charge >= 0.3 is 0 Å². The molecule has 0 saturated carbocycles. The van der Waals surface area contributed by atoms with Crippen molar-refractivity contribution in [3.05, 3.63) is 45.2 Å². The molecule has 6 nitrogen and oxygen atoms in total. The first-order valence-electron chi connectivity index (χ1n) is 8.77. The normalized spacial score (nSPS) is 21.0. The number of β-amino-alcohol motifs (C(OH)–C–C–N with tert-alkyl or cyclic N) is 1. The third-order valence-corrected chi connectivity index (χ3v) is 5.65. The maximum Gasteiger partial charge on any atom is 0.272 e. The van der Waals surface area contributed by atoms with Crippen molar-refractivity contribution in [1.82, 2.24) is 20.4 Å². The highest BCUT2D eigenvalue weighted by Gasteiger charge is 2.29. The fraction of sp³-hybridized carbons (Fsp3) is 0.444. The van der Waals surface area contributed by atoms with E-state index in [1.165, 1.54) is 0 Å². The molecule has 2 heterocycles. The smallest absolute Gasteiger partial charge is 0.272 e. The van der Waals surface area contributed by atoms with Crippen molar-refractivity contribution in [3.63, 3.8) is 0 Å². The molecular weight excluding hydrogens is 411 g/mol. The van der Waals surface area contributed by atoms with Gasteiger partial charge < -0.3 is 15.7 Å². The largest absolute Gasteiger partial charge is 0.391 e. The highest BCUT2D eigenvalue weighted by molar-refractivity contribution is 6.35. The van der Waals surface area contributed by atoms with Gasteiger partial charge in [-0.15, -0.1) is 12.4 Å². The van der Waals surface area contributed by atoms with Crippen LogP contribution in [0.5, 0.6) is 0 Å². The molecular formula is C18H21Cl3N4O2. The van der Waals surface area contributed by atoms with Crippen molar-refractivity contribution in [2.75, 3.05) is 19.6 Å². The number of aromatic nitrogens is 2. The number of amides is 1. The number of nitrogens with one attached hydrogen (secondary N) is 2. The maximum absolute atomic E-state index is 12.7. The minimum absolute atomic E-state index is 0. The summed E-state index contributed by atoms with van der Waals surface area (Å²) in [5.74, 6) is -0.175. The Balaban J connectivity index is 0.00000210. The molecule has 2 unspecified atom stereocenters. The van der Waals surface area contributed by atoms with E-state index in [9.17, 15) is 9.90 Å². The quantitative estimate of drug-likeness (QED) is 0.694. The number of fused-ring (bicyclic) bond motifs is 1. The second kappa shape index (κ2) is 8.37. The van der Waals surface area contributed by atoms with E-state index in [1.807, 2.05) is 6.07 Å². The number of carbonyl (C=O) groups is 1. The lowest BCUT2D eigenvalue weighted by molar-refractivity contribution is 0.0921. The van der Waals surface area contributed by atoms with Gasteiger partial charge in [0.1, 0.15) is 0 Å². The summed E-state index contributed by atoms with van der Waals surface area (Å²) in [5.41, 5.74) is 3.19. The predicted octanol–water partition coefficient (Wildman–Crippen LogP) is 2.40. The molecule has 0 spiro atoms. The minimum atomic E-state index is -0.425. The molecule has 9 heteroatoms. The van der Waals surface area contributed by atoms with Gasteiger partial charge in [-0.1, -0.05) is 23.2 Å². The molecule has 146 valence electrons. The van der Waals surface area contributed by atoms with E-state index >= 15 is 0 Å². The Morgan fingerprint density at radius 3 is 2.85 bits per heavy atom. The van der Waals surface area contributed by atoms with Crippen molar-refractivity contribution in [2.24, 2.45) is 5.92 Å². The zero-order valence-corrected chi connectivity index (χ0v) is 16.9. The molecule has 0 radical (unpaired) electrons. The standard InChI is InChI=1S/C18H20Cl2N4O2.ClH/c19-11-4-5-15(13(20)6-11)24-14-3-1-2-12(14)17(23-24)18(26)22-8-10-7-21-9-16(10)25;/h4-6,10,16,21,25H,1-3,7-9H2,(H,22,26);1H. The van der Waals surface area contributed by atoms with Gasteiger partial charge in [-0.3, -0.25) is 4.79 Å². The summed E-state index contributed by atoms with van der Waals surface area (Å²) in [6.07, 6.45) is 2.26. The number of hydrogen-bond donors (Lipinski definition) is 3. The summed E-state index contributed by atoms with van der Waals surface area (Å²) in [7, 11) is 0. The Kier molecular flexibility index (Phi) is 6.33. The van der Waals surface area contributed by atoms with Crippen molar-refractivity contribution >= 4 is 41.5 Å². The molecule has 2 aromatic rings. The van der Waals surface area contributed by atoms with Crippen molar-refractivity contribution in [3.8, 4) is 5.69 Å². The van der Waals surface area contributed by atoms with Crippen LogP contribution in [-0.2, 0) is 12.8 Å². The van der Waals surface area contributed by atoms with E-state index in [4.69, 9.17) is 23.2 Å². The van der Waals surface area contributed by atoms with Gasteiger partial charge in [0.15, 0.2) is 5.69 Å². The molecule has 1 aliphatic heterocycles. The van der Waals surface area contributed by atoms with E-state index in [-0.39, 0.29) is 24.2 Å². The molecule has 1 aliphatic carbocycles. The van der Waals surface area contributed by atoms with Crippen LogP contribution in [0.15, 0.2) is 18.2 Å². The zero-order chi connectivity index (χ0) is 18.3. The highest BCUT2D eigenvalue weighted by atomic mass is 35.5. The number of carbonyl (C=O) groups excluding carboxylic acids is 1. The van der Waals surface area contributed by atoms with Crippen molar-refractivity contribution < 1.29 is 9.90 Å². The number of hydrogen-bond acceptors (Lipinski definition) is 4. The molecule has 3 N–H and O–H groups in total. The first kappa shape index (κ1) is 20.4. The lowest BCUT2D eigenvalue weighted by Crippen LogP contribution is -2.35. The van der Waals surface area contributed by atoms with Gasteiger partial charge in [0, 0.05) is 41.8 Å². The monoisotopic (exact) mass is 430 g/mol. The number of rotatable bonds is 4. The SMILES string of the molecule is Cl.O=C(NCC1CNCC1O)c1nn(-c2ccc(Cl)cc2Cl)c2c1CCC2. The summed E-state index contributed by atoms with van der Waals surface area (Å²) in [5, 5.41) is 21.5. The van der Waals surface area contributed by atoms with Crippen LogP contribution in [-0.4, -0.2) is 46.5 Å². The molecule has 2 atom stereocenters. The molecule has 4 rings (SSSR count). The van der Waals surface area contributed by atoms with Crippen LogP contribution in [0.25, 0.3) is 5.69 Å². The first-order chi connectivity index (χ1) is 12.5. The summed E-state index contributed by atoms with van der Waals surface area (Å²) >= 11 is 12.3. The summed E-state index contributed by atoms with van der Waals surface area (Å²) < 4.78 is 1.77. The average molecular weight is 432 g/mol. The second-order valence-corrected chi connectivity index (χ2v) is 7.67. The van der Waals surface area contributed by atoms with Gasteiger partial charge in [-0.05, 0) is 37.5 Å². The highest BCUT2D eigenvalue weighted by Crippen LogP contribution is 2.31. The molecule has 27 heavy (non-hydrogen) atoms. The van der Waals surface area contributed by atoms with E-state index in [1.54, 1.807) is 16.8 Å². The number of halogens is 3. The molecule has 1 aromatic carbocycles. The van der Waals surface area contributed by atoms with E-state index in [2.05, 4.69) is 15.7 Å². The summed E-state index contributed by atoms with van der Waals surface area (Å²) in [6, 6.07) is 5.26. The van der Waals surface area contributed by atoms with E-state index in [0.29, 0.717) is 35.4 Å². The molecule has 1 aromatic heterocycles. The minimum Gasteiger partial charge on any atom is -0.391 e. The predicted molar refractivity (Wildman–Crippen MR) is 108 cm³/mol. The maximum atomic E-state index is 12.7. The fourth-order valence-electron chi connectivity index (χ4n) is 3.71.